The Kier molecular flexibility index (Phi) is 5.10. The molecule has 0 aromatic heterocycles. The van der Waals surface area contributed by atoms with Gasteiger partial charge in [-0.2, -0.15) is 0 Å². The largest absolute Gasteiger partial charge is 0.505 e. The summed E-state index contributed by atoms with van der Waals surface area (Å²) in [6.07, 6.45) is 2.24. The Morgan fingerprint density at radius 3 is 2.95 bits per heavy atom. The molecule has 0 atom stereocenters. The van der Waals surface area contributed by atoms with Crippen LogP contribution >= 0.6 is 11.8 Å². The number of phenolic OH excluding ortho intramolecular Hbond substituents is 1. The summed E-state index contributed by atoms with van der Waals surface area (Å²) in [6, 6.07) is 5.36. The van der Waals surface area contributed by atoms with E-state index in [4.69, 9.17) is 0 Å². The molecule has 0 unspecified atom stereocenters. The van der Waals surface area contributed by atoms with Crippen molar-refractivity contribution in [2.75, 3.05) is 24.2 Å². The van der Waals surface area contributed by atoms with Gasteiger partial charge in [0.25, 0.3) is 0 Å². The molecule has 19 heavy (non-hydrogen) atoms. The van der Waals surface area contributed by atoms with E-state index in [0.717, 1.165) is 31.5 Å². The third-order valence-corrected chi connectivity index (χ3v) is 4.62. The Labute approximate surface area is 118 Å². The predicted octanol–water partition coefficient (Wildman–Crippen LogP) is 2.12. The molecule has 0 spiro atoms. The molecule has 1 aliphatic heterocycles. The number of aryl methyl sites for hydroxylation is 1. The zero-order valence-corrected chi connectivity index (χ0v) is 11.9. The van der Waals surface area contributed by atoms with Crippen molar-refractivity contribution in [2.24, 2.45) is 0 Å². The Balaban J connectivity index is 1.82. The number of benzene rings is 1. The van der Waals surface area contributed by atoms with E-state index in [-0.39, 0.29) is 11.7 Å². The molecular weight excluding hydrogens is 260 g/mol. The summed E-state index contributed by atoms with van der Waals surface area (Å²) in [5.74, 6) is 0.546. The van der Waals surface area contributed by atoms with E-state index in [2.05, 4.69) is 10.6 Å². The molecule has 0 radical (unpaired) electrons. The smallest absolute Gasteiger partial charge is 0.234 e. The van der Waals surface area contributed by atoms with Crippen molar-refractivity contribution in [2.45, 2.75) is 25.0 Å². The van der Waals surface area contributed by atoms with Crippen LogP contribution in [0, 0.1) is 6.92 Å². The summed E-state index contributed by atoms with van der Waals surface area (Å²) >= 11 is 1.70. The number of nitrogens with one attached hydrogen (secondary N) is 2. The molecule has 5 heteroatoms. The van der Waals surface area contributed by atoms with Gasteiger partial charge in [-0.1, -0.05) is 12.1 Å². The van der Waals surface area contributed by atoms with Crippen LogP contribution in [0.5, 0.6) is 5.75 Å². The minimum absolute atomic E-state index is 0.0515. The number of piperidine rings is 1. The maximum atomic E-state index is 11.9. The Morgan fingerprint density at radius 2 is 2.21 bits per heavy atom. The number of carbonyl (C=O) groups excluding carboxylic acids is 1. The van der Waals surface area contributed by atoms with Gasteiger partial charge in [-0.15, -0.1) is 11.8 Å². The van der Waals surface area contributed by atoms with Gasteiger partial charge in [0.2, 0.25) is 5.91 Å². The first-order valence-corrected chi connectivity index (χ1v) is 7.62. The maximum Gasteiger partial charge on any atom is 0.234 e. The molecule has 3 N–H and O–H groups in total. The molecule has 1 heterocycles. The molecular formula is C14H20N2O2S. The quantitative estimate of drug-likeness (QED) is 0.739. The highest BCUT2D eigenvalue weighted by atomic mass is 32.2. The molecule has 1 aromatic carbocycles. The minimum Gasteiger partial charge on any atom is -0.505 e. The van der Waals surface area contributed by atoms with Gasteiger partial charge < -0.3 is 15.7 Å². The number of hydrogen-bond donors (Lipinski definition) is 3. The highest BCUT2D eigenvalue weighted by molar-refractivity contribution is 8.00. The van der Waals surface area contributed by atoms with Crippen LogP contribution < -0.4 is 10.6 Å². The second-order valence-electron chi connectivity index (χ2n) is 4.78. The van der Waals surface area contributed by atoms with Crippen LogP contribution in [-0.2, 0) is 4.79 Å². The summed E-state index contributed by atoms with van der Waals surface area (Å²) in [4.78, 5) is 11.9. The van der Waals surface area contributed by atoms with E-state index in [1.165, 1.54) is 0 Å². The average Bonchev–Trinajstić information content (AvgIpc) is 2.43. The lowest BCUT2D eigenvalue weighted by molar-refractivity contribution is -0.113. The van der Waals surface area contributed by atoms with Crippen LogP contribution in [0.4, 0.5) is 5.69 Å². The van der Waals surface area contributed by atoms with Crippen molar-refractivity contribution < 1.29 is 9.90 Å². The first-order chi connectivity index (χ1) is 9.16. The molecule has 1 fully saturated rings. The Hall–Kier alpha value is -1.20. The van der Waals surface area contributed by atoms with Crippen LogP contribution in [0.15, 0.2) is 18.2 Å². The second-order valence-corrected chi connectivity index (χ2v) is 6.07. The minimum atomic E-state index is -0.0515. The normalized spacial score (nSPS) is 16.3. The number of hydrogen-bond acceptors (Lipinski definition) is 4. The number of anilines is 1. The standard InChI is InChI=1S/C14H20N2O2S/c1-10-3-2-4-12(14(10)18)16-13(17)9-19-11-5-7-15-8-6-11/h2-4,11,15,18H,5-9H2,1H3,(H,16,17). The van der Waals surface area contributed by atoms with Crippen molar-refractivity contribution in [3.8, 4) is 5.75 Å². The van der Waals surface area contributed by atoms with E-state index < -0.39 is 0 Å². The molecule has 1 aliphatic rings. The van der Waals surface area contributed by atoms with Crippen molar-refractivity contribution in [3.05, 3.63) is 23.8 Å². The summed E-state index contributed by atoms with van der Waals surface area (Å²) in [7, 11) is 0. The van der Waals surface area contributed by atoms with Crippen LogP contribution in [0.1, 0.15) is 18.4 Å². The van der Waals surface area contributed by atoms with Crippen LogP contribution in [0.2, 0.25) is 0 Å². The van der Waals surface area contributed by atoms with Crippen LogP contribution in [0.25, 0.3) is 0 Å². The highest BCUT2D eigenvalue weighted by Crippen LogP contribution is 2.27. The first kappa shape index (κ1) is 14.2. The van der Waals surface area contributed by atoms with Gasteiger partial charge in [0.05, 0.1) is 11.4 Å². The topological polar surface area (TPSA) is 61.4 Å². The third-order valence-electron chi connectivity index (χ3n) is 3.25. The SMILES string of the molecule is Cc1cccc(NC(=O)CSC2CCNCC2)c1O. The summed E-state index contributed by atoms with van der Waals surface area (Å²) in [5, 5.41) is 16.5. The number of rotatable bonds is 4. The Bertz CT molecular complexity index is 445. The second kappa shape index (κ2) is 6.82. The number of phenols is 1. The van der Waals surface area contributed by atoms with E-state index in [1.54, 1.807) is 17.8 Å². The van der Waals surface area contributed by atoms with Crippen LogP contribution in [-0.4, -0.2) is 35.1 Å². The van der Waals surface area contributed by atoms with Gasteiger partial charge >= 0.3 is 0 Å². The average molecular weight is 280 g/mol. The lowest BCUT2D eigenvalue weighted by Crippen LogP contribution is -2.30. The van der Waals surface area contributed by atoms with Crippen molar-refractivity contribution in [1.82, 2.24) is 5.32 Å². The number of amides is 1. The van der Waals surface area contributed by atoms with Crippen molar-refractivity contribution in [3.63, 3.8) is 0 Å². The molecule has 1 aromatic rings. The van der Waals surface area contributed by atoms with Gasteiger partial charge in [-0.25, -0.2) is 0 Å². The van der Waals surface area contributed by atoms with Gasteiger partial charge in [-0.05, 0) is 44.5 Å². The summed E-state index contributed by atoms with van der Waals surface area (Å²) < 4.78 is 0. The summed E-state index contributed by atoms with van der Waals surface area (Å²) in [5.41, 5.74) is 1.26. The van der Waals surface area contributed by atoms with Crippen molar-refractivity contribution >= 4 is 23.4 Å². The molecule has 0 aliphatic carbocycles. The molecule has 4 nitrogen and oxygen atoms in total. The number of thioether (sulfide) groups is 1. The lowest BCUT2D eigenvalue weighted by Gasteiger charge is -2.21. The van der Waals surface area contributed by atoms with Crippen LogP contribution in [0.3, 0.4) is 0 Å². The lowest BCUT2D eigenvalue weighted by atomic mass is 10.2. The molecule has 0 bridgehead atoms. The van der Waals surface area contributed by atoms with Gasteiger partial charge in [0.1, 0.15) is 5.75 Å². The zero-order valence-electron chi connectivity index (χ0n) is 11.1. The predicted molar refractivity (Wildman–Crippen MR) is 79.8 cm³/mol. The Morgan fingerprint density at radius 1 is 1.47 bits per heavy atom. The number of carbonyl (C=O) groups is 1. The third kappa shape index (κ3) is 4.14. The fourth-order valence-corrected chi connectivity index (χ4v) is 3.13. The van der Waals surface area contributed by atoms with E-state index >= 15 is 0 Å². The highest BCUT2D eigenvalue weighted by Gasteiger charge is 2.15. The number of para-hydroxylation sites is 1. The zero-order chi connectivity index (χ0) is 13.7. The van der Waals surface area contributed by atoms with E-state index in [9.17, 15) is 9.90 Å². The van der Waals surface area contributed by atoms with E-state index in [1.807, 2.05) is 19.1 Å². The monoisotopic (exact) mass is 280 g/mol. The van der Waals surface area contributed by atoms with E-state index in [0.29, 0.717) is 16.7 Å². The fraction of sp³-hybridized carbons (Fsp3) is 0.500. The first-order valence-electron chi connectivity index (χ1n) is 6.57. The van der Waals surface area contributed by atoms with Gasteiger partial charge in [0, 0.05) is 5.25 Å². The fourth-order valence-electron chi connectivity index (χ4n) is 2.10. The van der Waals surface area contributed by atoms with Crippen molar-refractivity contribution in [1.29, 1.82) is 0 Å². The molecule has 0 saturated carbocycles. The maximum absolute atomic E-state index is 11.9. The molecule has 2 rings (SSSR count). The molecule has 1 amide bonds. The summed E-state index contributed by atoms with van der Waals surface area (Å²) in [6.45, 7) is 3.89. The number of aromatic hydroxyl groups is 1. The van der Waals surface area contributed by atoms with Gasteiger partial charge in [0.15, 0.2) is 0 Å². The molecule has 104 valence electrons. The molecule has 1 saturated heterocycles. The van der Waals surface area contributed by atoms with Gasteiger partial charge in [-0.3, -0.25) is 4.79 Å².